The average molecular weight is 311 g/mol. The number of nitro groups is 1. The smallest absolute Gasteiger partial charge is 0.286 e. The number of nitro benzene ring substituents is 1. The molecule has 0 bridgehead atoms. The number of hydrogen-bond acceptors (Lipinski definition) is 6. The zero-order chi connectivity index (χ0) is 16.9. The zero-order valence-corrected chi connectivity index (χ0v) is 13.1. The molecule has 0 aliphatic heterocycles. The zero-order valence-electron chi connectivity index (χ0n) is 13.1. The fourth-order valence-corrected chi connectivity index (χ4v) is 1.71. The van der Waals surface area contributed by atoms with Gasteiger partial charge in [-0.1, -0.05) is 0 Å². The summed E-state index contributed by atoms with van der Waals surface area (Å²) in [6.45, 7) is 5.72. The molecule has 8 nitrogen and oxygen atoms in total. The van der Waals surface area contributed by atoms with Crippen molar-refractivity contribution in [1.82, 2.24) is 5.32 Å². The molecular weight excluding hydrogens is 290 g/mol. The van der Waals surface area contributed by atoms with Crippen molar-refractivity contribution in [2.75, 3.05) is 20.3 Å². The monoisotopic (exact) mass is 311 g/mol. The Morgan fingerprint density at radius 2 is 2.05 bits per heavy atom. The minimum absolute atomic E-state index is 0.102. The Hall–Kier alpha value is -2.35. The van der Waals surface area contributed by atoms with Crippen LogP contribution in [0.2, 0.25) is 0 Å². The van der Waals surface area contributed by atoms with Gasteiger partial charge < -0.3 is 20.5 Å². The van der Waals surface area contributed by atoms with Crippen LogP contribution in [0.15, 0.2) is 12.1 Å². The molecule has 0 radical (unpaired) electrons. The van der Waals surface area contributed by atoms with Gasteiger partial charge in [0.25, 0.3) is 11.6 Å². The Labute approximate surface area is 128 Å². The van der Waals surface area contributed by atoms with E-state index in [4.69, 9.17) is 15.2 Å². The van der Waals surface area contributed by atoms with E-state index in [0.717, 1.165) is 0 Å². The van der Waals surface area contributed by atoms with E-state index in [-0.39, 0.29) is 29.3 Å². The molecule has 0 aliphatic rings. The molecule has 0 aliphatic carbocycles. The van der Waals surface area contributed by atoms with Crippen molar-refractivity contribution in [3.8, 4) is 11.5 Å². The van der Waals surface area contributed by atoms with Crippen LogP contribution in [0.1, 0.15) is 31.1 Å². The highest BCUT2D eigenvalue weighted by molar-refractivity contribution is 5.99. The van der Waals surface area contributed by atoms with Gasteiger partial charge in [0.2, 0.25) is 0 Å². The lowest BCUT2D eigenvalue weighted by atomic mass is 10.1. The number of hydrogen-bond donors (Lipinski definition) is 2. The topological polar surface area (TPSA) is 117 Å². The lowest BCUT2D eigenvalue weighted by Crippen LogP contribution is -2.45. The second-order valence-electron chi connectivity index (χ2n) is 5.38. The summed E-state index contributed by atoms with van der Waals surface area (Å²) < 4.78 is 10.4. The molecule has 1 rings (SSSR count). The van der Waals surface area contributed by atoms with Crippen LogP contribution in [0.4, 0.5) is 5.69 Å². The summed E-state index contributed by atoms with van der Waals surface area (Å²) in [5.74, 6) is -0.122. The fourth-order valence-electron chi connectivity index (χ4n) is 1.71. The minimum Gasteiger partial charge on any atom is -0.493 e. The van der Waals surface area contributed by atoms with Crippen molar-refractivity contribution in [3.63, 3.8) is 0 Å². The Morgan fingerprint density at radius 3 is 2.50 bits per heavy atom. The van der Waals surface area contributed by atoms with E-state index in [1.807, 2.05) is 0 Å². The first-order valence-corrected chi connectivity index (χ1v) is 6.76. The van der Waals surface area contributed by atoms with Gasteiger partial charge in [0.15, 0.2) is 11.5 Å². The number of rotatable bonds is 7. The van der Waals surface area contributed by atoms with Crippen LogP contribution in [-0.4, -0.2) is 36.6 Å². The average Bonchev–Trinajstić information content (AvgIpc) is 2.43. The van der Waals surface area contributed by atoms with E-state index < -0.39 is 16.4 Å². The van der Waals surface area contributed by atoms with Gasteiger partial charge >= 0.3 is 0 Å². The van der Waals surface area contributed by atoms with E-state index in [0.29, 0.717) is 6.61 Å². The molecule has 0 heterocycles. The van der Waals surface area contributed by atoms with E-state index >= 15 is 0 Å². The maximum absolute atomic E-state index is 12.2. The molecular formula is C14H21N3O5. The van der Waals surface area contributed by atoms with Crippen molar-refractivity contribution in [3.05, 3.63) is 27.8 Å². The number of carbonyl (C=O) groups is 1. The number of methoxy groups -OCH3 is 1. The van der Waals surface area contributed by atoms with E-state index in [9.17, 15) is 14.9 Å². The van der Waals surface area contributed by atoms with Crippen molar-refractivity contribution in [1.29, 1.82) is 0 Å². The maximum atomic E-state index is 12.2. The van der Waals surface area contributed by atoms with Crippen LogP contribution >= 0.6 is 0 Å². The Morgan fingerprint density at radius 1 is 1.41 bits per heavy atom. The molecule has 0 fully saturated rings. The van der Waals surface area contributed by atoms with Crippen molar-refractivity contribution in [2.45, 2.75) is 26.3 Å². The largest absolute Gasteiger partial charge is 0.493 e. The van der Waals surface area contributed by atoms with Crippen LogP contribution in [0, 0.1) is 10.1 Å². The predicted octanol–water partition coefficient (Wildman–Crippen LogP) is 1.47. The molecule has 8 heteroatoms. The number of amides is 1. The molecule has 0 atom stereocenters. The summed E-state index contributed by atoms with van der Waals surface area (Å²) in [7, 11) is 1.40. The van der Waals surface area contributed by atoms with Gasteiger partial charge in [-0.25, -0.2) is 0 Å². The number of nitrogens with two attached hydrogens (primary N) is 1. The number of nitrogens with zero attached hydrogens (tertiary/aromatic N) is 1. The summed E-state index contributed by atoms with van der Waals surface area (Å²) in [5, 5.41) is 13.8. The predicted molar refractivity (Wildman–Crippen MR) is 81.4 cm³/mol. The van der Waals surface area contributed by atoms with Crippen molar-refractivity contribution >= 4 is 11.6 Å². The summed E-state index contributed by atoms with van der Waals surface area (Å²) in [6, 6.07) is 2.48. The summed E-state index contributed by atoms with van der Waals surface area (Å²) >= 11 is 0. The fraction of sp³-hybridized carbons (Fsp3) is 0.500. The molecule has 1 aromatic rings. The lowest BCUT2D eigenvalue weighted by Gasteiger charge is -2.19. The highest BCUT2D eigenvalue weighted by Gasteiger charge is 2.25. The summed E-state index contributed by atoms with van der Waals surface area (Å²) in [6.07, 6.45) is 0. The van der Waals surface area contributed by atoms with E-state index in [1.54, 1.807) is 20.8 Å². The van der Waals surface area contributed by atoms with Crippen LogP contribution in [0.3, 0.4) is 0 Å². The van der Waals surface area contributed by atoms with Gasteiger partial charge in [-0.05, 0) is 20.8 Å². The Balaban J connectivity index is 3.21. The maximum Gasteiger partial charge on any atom is 0.286 e. The van der Waals surface area contributed by atoms with Gasteiger partial charge in [0.1, 0.15) is 5.56 Å². The van der Waals surface area contributed by atoms with Gasteiger partial charge in [0, 0.05) is 18.2 Å². The standard InChI is InChI=1S/C14H21N3O5/c1-5-22-12-7-10(17(19)20)9(6-11(12)21-4)13(18)16-8-14(2,3)15/h6-7H,5,8,15H2,1-4H3,(H,16,18). The first-order chi connectivity index (χ1) is 10.2. The second kappa shape index (κ2) is 7.08. The molecule has 22 heavy (non-hydrogen) atoms. The number of benzene rings is 1. The molecule has 0 saturated heterocycles. The molecule has 0 spiro atoms. The van der Waals surface area contributed by atoms with Crippen LogP contribution < -0.4 is 20.5 Å². The Bertz CT molecular complexity index is 566. The molecule has 1 amide bonds. The lowest BCUT2D eigenvalue weighted by molar-refractivity contribution is -0.385. The first-order valence-electron chi connectivity index (χ1n) is 6.76. The number of nitrogens with one attached hydrogen (secondary N) is 1. The summed E-state index contributed by atoms with van der Waals surface area (Å²) in [4.78, 5) is 22.7. The third-order valence-corrected chi connectivity index (χ3v) is 2.73. The third-order valence-electron chi connectivity index (χ3n) is 2.73. The first kappa shape index (κ1) is 17.7. The van der Waals surface area contributed by atoms with Crippen LogP contribution in [0.5, 0.6) is 11.5 Å². The number of ether oxygens (including phenoxy) is 2. The van der Waals surface area contributed by atoms with Gasteiger partial charge in [-0.3, -0.25) is 14.9 Å². The quantitative estimate of drug-likeness (QED) is 0.581. The van der Waals surface area contributed by atoms with E-state index in [2.05, 4.69) is 5.32 Å². The van der Waals surface area contributed by atoms with Crippen LogP contribution in [0.25, 0.3) is 0 Å². The SMILES string of the molecule is CCOc1cc([N+](=O)[O-])c(C(=O)NCC(C)(C)N)cc1OC. The minimum atomic E-state index is -0.634. The molecule has 0 aromatic heterocycles. The molecule has 122 valence electrons. The Kier molecular flexibility index (Phi) is 5.69. The second-order valence-corrected chi connectivity index (χ2v) is 5.38. The molecule has 3 N–H and O–H groups in total. The molecule has 0 unspecified atom stereocenters. The van der Waals surface area contributed by atoms with Gasteiger partial charge in [-0.15, -0.1) is 0 Å². The number of carbonyl (C=O) groups excluding carboxylic acids is 1. The van der Waals surface area contributed by atoms with Gasteiger partial charge in [-0.2, -0.15) is 0 Å². The van der Waals surface area contributed by atoms with E-state index in [1.165, 1.54) is 19.2 Å². The van der Waals surface area contributed by atoms with Gasteiger partial charge in [0.05, 0.1) is 24.7 Å². The highest BCUT2D eigenvalue weighted by Crippen LogP contribution is 2.34. The molecule has 1 aromatic carbocycles. The van der Waals surface area contributed by atoms with Crippen molar-refractivity contribution in [2.24, 2.45) is 5.73 Å². The highest BCUT2D eigenvalue weighted by atomic mass is 16.6. The van der Waals surface area contributed by atoms with Crippen molar-refractivity contribution < 1.29 is 19.2 Å². The van der Waals surface area contributed by atoms with Crippen LogP contribution in [-0.2, 0) is 0 Å². The third kappa shape index (κ3) is 4.59. The molecule has 0 saturated carbocycles. The normalized spacial score (nSPS) is 11.0. The summed E-state index contributed by atoms with van der Waals surface area (Å²) in [5.41, 5.74) is 4.71.